The monoisotopic (exact) mass is 417 g/mol. The van der Waals surface area contributed by atoms with E-state index in [1.54, 1.807) is 24.6 Å². The third kappa shape index (κ3) is 4.97. The van der Waals surface area contributed by atoms with Crippen LogP contribution in [0.25, 0.3) is 0 Å². The van der Waals surface area contributed by atoms with Crippen LogP contribution in [0.5, 0.6) is 0 Å². The molecule has 2 N–H and O–H groups in total. The third-order valence-electron chi connectivity index (χ3n) is 5.43. The summed E-state index contributed by atoms with van der Waals surface area (Å²) in [6.07, 6.45) is 7.07. The number of likely N-dealkylation sites (tertiary alicyclic amines) is 1. The molecule has 0 radical (unpaired) electrons. The predicted molar refractivity (Wildman–Crippen MR) is 111 cm³/mol. The van der Waals surface area contributed by atoms with Gasteiger partial charge in [-0.25, -0.2) is 4.79 Å². The van der Waals surface area contributed by atoms with Gasteiger partial charge in [0.05, 0.1) is 30.6 Å². The zero-order valence-corrected chi connectivity index (χ0v) is 17.4. The molecule has 2 fully saturated rings. The Hall–Kier alpha value is -2.39. The first-order chi connectivity index (χ1) is 14.1. The number of carbonyl (C=O) groups excluding carboxylic acids is 2. The number of nitrogens with zero attached hydrogens (tertiary/aromatic N) is 3. The number of rotatable bonds is 8. The molecule has 2 aromatic rings. The highest BCUT2D eigenvalue weighted by Crippen LogP contribution is 2.31. The Morgan fingerprint density at radius 3 is 2.97 bits per heavy atom. The van der Waals surface area contributed by atoms with Gasteiger partial charge in [0, 0.05) is 37.2 Å². The Labute approximate surface area is 174 Å². The molecule has 1 aliphatic carbocycles. The fourth-order valence-electron chi connectivity index (χ4n) is 3.72. The van der Waals surface area contributed by atoms with Gasteiger partial charge in [-0.05, 0) is 37.1 Å². The second-order valence-electron chi connectivity index (χ2n) is 7.68. The fourth-order valence-corrected chi connectivity index (χ4v) is 4.43. The van der Waals surface area contributed by atoms with Gasteiger partial charge in [0.15, 0.2) is 0 Å². The summed E-state index contributed by atoms with van der Waals surface area (Å²) in [5.41, 5.74) is 0.712. The van der Waals surface area contributed by atoms with Gasteiger partial charge in [-0.3, -0.25) is 9.48 Å². The molecule has 1 saturated heterocycles. The molecular weight excluding hydrogens is 390 g/mol. The number of amides is 3. The SMILES string of the molecule is COC[C@@H]1C[C@H](n2cc(NC(=O)C3CC3)cn2)CN1C(=O)NCCc1cccs1. The fraction of sp³-hybridized carbons (Fsp3) is 0.550. The molecule has 3 amide bonds. The van der Waals surface area contributed by atoms with E-state index in [9.17, 15) is 9.59 Å². The zero-order valence-electron chi connectivity index (χ0n) is 16.5. The zero-order chi connectivity index (χ0) is 20.2. The van der Waals surface area contributed by atoms with E-state index in [1.165, 1.54) is 4.88 Å². The number of thiophene rings is 1. The molecule has 0 unspecified atom stereocenters. The summed E-state index contributed by atoms with van der Waals surface area (Å²) in [4.78, 5) is 27.8. The number of carbonyl (C=O) groups is 2. The summed E-state index contributed by atoms with van der Waals surface area (Å²) in [7, 11) is 1.65. The summed E-state index contributed by atoms with van der Waals surface area (Å²) in [5, 5.41) is 12.4. The van der Waals surface area contributed by atoms with Crippen molar-refractivity contribution in [3.63, 3.8) is 0 Å². The Kier molecular flexibility index (Phi) is 6.15. The van der Waals surface area contributed by atoms with Crippen molar-refractivity contribution >= 4 is 29.0 Å². The van der Waals surface area contributed by atoms with Gasteiger partial charge in [0.2, 0.25) is 5.91 Å². The lowest BCUT2D eigenvalue weighted by Gasteiger charge is -2.24. The maximum atomic E-state index is 12.7. The van der Waals surface area contributed by atoms with E-state index < -0.39 is 0 Å². The summed E-state index contributed by atoms with van der Waals surface area (Å²) < 4.78 is 7.19. The quantitative estimate of drug-likeness (QED) is 0.691. The van der Waals surface area contributed by atoms with Gasteiger partial charge in [-0.15, -0.1) is 11.3 Å². The lowest BCUT2D eigenvalue weighted by atomic mass is 10.2. The number of hydrogen-bond donors (Lipinski definition) is 2. The molecule has 0 aromatic carbocycles. The molecule has 1 aliphatic heterocycles. The molecule has 2 atom stereocenters. The average molecular weight is 418 g/mol. The molecule has 29 heavy (non-hydrogen) atoms. The molecular formula is C20H27N5O3S. The van der Waals surface area contributed by atoms with E-state index in [1.807, 2.05) is 27.2 Å². The smallest absolute Gasteiger partial charge is 0.317 e. The minimum Gasteiger partial charge on any atom is -0.383 e. The molecule has 2 aliphatic rings. The lowest BCUT2D eigenvalue weighted by Crippen LogP contribution is -2.45. The topological polar surface area (TPSA) is 88.5 Å². The van der Waals surface area contributed by atoms with Gasteiger partial charge in [0.1, 0.15) is 0 Å². The van der Waals surface area contributed by atoms with E-state index in [0.29, 0.717) is 25.4 Å². The van der Waals surface area contributed by atoms with Crippen LogP contribution in [0, 0.1) is 5.92 Å². The summed E-state index contributed by atoms with van der Waals surface area (Å²) in [6, 6.07) is 4.09. The molecule has 2 aromatic heterocycles. The van der Waals surface area contributed by atoms with Crippen molar-refractivity contribution in [3.8, 4) is 0 Å². The van der Waals surface area contributed by atoms with E-state index in [2.05, 4.69) is 21.8 Å². The van der Waals surface area contributed by atoms with Crippen LogP contribution in [-0.4, -0.2) is 59.5 Å². The molecule has 0 spiro atoms. The highest BCUT2D eigenvalue weighted by atomic mass is 32.1. The minimum atomic E-state index is -0.0690. The lowest BCUT2D eigenvalue weighted by molar-refractivity contribution is -0.117. The van der Waals surface area contributed by atoms with Crippen molar-refractivity contribution in [1.29, 1.82) is 0 Å². The molecule has 0 bridgehead atoms. The molecule has 156 valence electrons. The van der Waals surface area contributed by atoms with E-state index in [4.69, 9.17) is 4.74 Å². The van der Waals surface area contributed by atoms with Crippen molar-refractivity contribution in [2.75, 3.05) is 32.1 Å². The van der Waals surface area contributed by atoms with Crippen molar-refractivity contribution in [2.45, 2.75) is 37.8 Å². The summed E-state index contributed by atoms with van der Waals surface area (Å²) in [6.45, 7) is 1.66. The predicted octanol–water partition coefficient (Wildman–Crippen LogP) is 2.51. The summed E-state index contributed by atoms with van der Waals surface area (Å²) >= 11 is 1.70. The largest absolute Gasteiger partial charge is 0.383 e. The average Bonchev–Trinajstić information content (AvgIpc) is 3.08. The van der Waals surface area contributed by atoms with Crippen LogP contribution in [0.15, 0.2) is 29.9 Å². The van der Waals surface area contributed by atoms with Gasteiger partial charge in [0.25, 0.3) is 0 Å². The standard InChI is InChI=1S/C20H27N5O3S/c1-28-13-17-9-16(25-11-15(10-22-25)23-19(26)14-4-5-14)12-24(17)20(27)21-7-6-18-3-2-8-29-18/h2-3,8,10-11,14,16-17H,4-7,9,12-13H2,1H3,(H,21,27)(H,23,26)/t16-,17-/m0/s1. The number of ether oxygens (including phenoxy) is 1. The number of methoxy groups -OCH3 is 1. The van der Waals surface area contributed by atoms with Crippen LogP contribution in [0.3, 0.4) is 0 Å². The van der Waals surface area contributed by atoms with Crippen LogP contribution >= 0.6 is 11.3 Å². The third-order valence-corrected chi connectivity index (χ3v) is 6.37. The first-order valence-corrected chi connectivity index (χ1v) is 10.9. The Morgan fingerprint density at radius 1 is 1.38 bits per heavy atom. The Bertz CT molecular complexity index is 833. The van der Waals surface area contributed by atoms with Crippen LogP contribution in [-0.2, 0) is 16.0 Å². The van der Waals surface area contributed by atoms with Crippen LogP contribution < -0.4 is 10.6 Å². The number of nitrogens with one attached hydrogen (secondary N) is 2. The Balaban J connectivity index is 1.34. The maximum absolute atomic E-state index is 12.7. The minimum absolute atomic E-state index is 0.000410. The maximum Gasteiger partial charge on any atom is 0.317 e. The second kappa shape index (κ2) is 8.96. The highest BCUT2D eigenvalue weighted by molar-refractivity contribution is 7.09. The number of anilines is 1. The number of hydrogen-bond acceptors (Lipinski definition) is 5. The van der Waals surface area contributed by atoms with Crippen LogP contribution in [0.2, 0.25) is 0 Å². The molecule has 1 saturated carbocycles. The van der Waals surface area contributed by atoms with E-state index in [0.717, 1.165) is 25.7 Å². The number of aromatic nitrogens is 2. The number of urea groups is 1. The van der Waals surface area contributed by atoms with Gasteiger partial charge < -0.3 is 20.3 Å². The molecule has 3 heterocycles. The molecule has 9 heteroatoms. The highest BCUT2D eigenvalue weighted by Gasteiger charge is 2.36. The van der Waals surface area contributed by atoms with Crippen LogP contribution in [0.1, 0.15) is 30.2 Å². The Morgan fingerprint density at radius 2 is 2.24 bits per heavy atom. The van der Waals surface area contributed by atoms with Gasteiger partial charge in [-0.1, -0.05) is 6.07 Å². The molecule has 8 nitrogen and oxygen atoms in total. The first kappa shape index (κ1) is 19.9. The van der Waals surface area contributed by atoms with E-state index >= 15 is 0 Å². The van der Waals surface area contributed by atoms with Gasteiger partial charge >= 0.3 is 6.03 Å². The summed E-state index contributed by atoms with van der Waals surface area (Å²) in [5.74, 6) is 0.226. The van der Waals surface area contributed by atoms with Gasteiger partial charge in [-0.2, -0.15) is 5.10 Å². The molecule has 4 rings (SSSR count). The normalized spacial score (nSPS) is 21.3. The van der Waals surface area contributed by atoms with Crippen molar-refractivity contribution < 1.29 is 14.3 Å². The second-order valence-corrected chi connectivity index (χ2v) is 8.72. The van der Waals surface area contributed by atoms with Crippen LogP contribution in [0.4, 0.5) is 10.5 Å². The van der Waals surface area contributed by atoms with Crippen molar-refractivity contribution in [3.05, 3.63) is 34.8 Å². The van der Waals surface area contributed by atoms with Crippen molar-refractivity contribution in [2.24, 2.45) is 5.92 Å². The first-order valence-electron chi connectivity index (χ1n) is 10.0. The van der Waals surface area contributed by atoms with Crippen molar-refractivity contribution in [1.82, 2.24) is 20.0 Å². The van der Waals surface area contributed by atoms with E-state index in [-0.39, 0.29) is 29.9 Å².